The molecule has 0 spiro atoms. The summed E-state index contributed by atoms with van der Waals surface area (Å²) in [5, 5.41) is 14.0. The number of carbonyl (C=O) groups is 3. The fraction of sp³-hybridized carbons (Fsp3) is 0.318. The van der Waals surface area contributed by atoms with Crippen molar-refractivity contribution in [1.82, 2.24) is 14.9 Å². The number of sulfonamides is 1. The molecule has 1 fully saturated rings. The second kappa shape index (κ2) is 10.0. The van der Waals surface area contributed by atoms with Crippen LogP contribution in [0.3, 0.4) is 0 Å². The molecule has 1 heterocycles. The summed E-state index contributed by atoms with van der Waals surface area (Å²) in [4.78, 5) is 37.0. The van der Waals surface area contributed by atoms with Crippen molar-refractivity contribution in [2.24, 2.45) is 0 Å². The quantitative estimate of drug-likeness (QED) is 0.493. The Morgan fingerprint density at radius 3 is 2.27 bits per heavy atom. The number of ether oxygens (including phenoxy) is 1. The minimum absolute atomic E-state index is 0.0355. The Balaban J connectivity index is 1.69. The van der Waals surface area contributed by atoms with Crippen molar-refractivity contribution in [3.63, 3.8) is 0 Å². The van der Waals surface area contributed by atoms with Crippen molar-refractivity contribution >= 4 is 28.0 Å². The van der Waals surface area contributed by atoms with E-state index in [1.165, 1.54) is 12.1 Å². The van der Waals surface area contributed by atoms with Crippen LogP contribution < -0.4 is 10.6 Å². The molecule has 2 aromatic rings. The monoisotopic (exact) mass is 475 g/mol. The highest BCUT2D eigenvalue weighted by atomic mass is 32.2. The van der Waals surface area contributed by atoms with E-state index in [1.54, 1.807) is 48.5 Å². The van der Waals surface area contributed by atoms with Crippen molar-refractivity contribution < 1.29 is 32.6 Å². The average Bonchev–Trinajstić information content (AvgIpc) is 3.30. The lowest BCUT2D eigenvalue weighted by atomic mass is 10.1. The molecule has 0 radical (unpaired) electrons. The highest BCUT2D eigenvalue weighted by molar-refractivity contribution is 7.89. The van der Waals surface area contributed by atoms with Crippen LogP contribution in [-0.2, 0) is 31.0 Å². The summed E-state index contributed by atoms with van der Waals surface area (Å²) in [6.07, 6.45) is -0.406. The van der Waals surface area contributed by atoms with Crippen LogP contribution in [0.4, 0.5) is 4.79 Å². The Hall–Kier alpha value is -3.44. The van der Waals surface area contributed by atoms with Gasteiger partial charge in [-0.05, 0) is 37.5 Å². The van der Waals surface area contributed by atoms with E-state index in [9.17, 15) is 27.9 Å². The number of carboxylic acids is 1. The van der Waals surface area contributed by atoms with Crippen LogP contribution in [0, 0.1) is 0 Å². The minimum Gasteiger partial charge on any atom is -0.478 e. The van der Waals surface area contributed by atoms with Gasteiger partial charge in [0.05, 0.1) is 4.90 Å². The second-order valence-electron chi connectivity index (χ2n) is 7.69. The van der Waals surface area contributed by atoms with Crippen molar-refractivity contribution in [3.8, 4) is 0 Å². The molecule has 0 aliphatic carbocycles. The summed E-state index contributed by atoms with van der Waals surface area (Å²) in [5.41, 5.74) is -1.52. The van der Waals surface area contributed by atoms with Gasteiger partial charge in [0.25, 0.3) is 0 Å². The summed E-state index contributed by atoms with van der Waals surface area (Å²) < 4.78 is 32.1. The third-order valence-electron chi connectivity index (χ3n) is 5.22. The van der Waals surface area contributed by atoms with E-state index in [0.717, 1.165) is 11.2 Å². The second-order valence-corrected chi connectivity index (χ2v) is 9.58. The molecule has 0 saturated carbocycles. The van der Waals surface area contributed by atoms with Crippen LogP contribution in [0.2, 0.25) is 0 Å². The molecule has 11 heteroatoms. The van der Waals surface area contributed by atoms with Gasteiger partial charge in [-0.1, -0.05) is 48.5 Å². The van der Waals surface area contributed by atoms with Gasteiger partial charge in [0.2, 0.25) is 21.6 Å². The van der Waals surface area contributed by atoms with Crippen LogP contribution in [0.15, 0.2) is 65.6 Å². The molecule has 1 saturated heterocycles. The highest BCUT2D eigenvalue weighted by Crippen LogP contribution is 2.26. The Morgan fingerprint density at radius 1 is 1.06 bits per heavy atom. The summed E-state index contributed by atoms with van der Waals surface area (Å²) in [7, 11) is -3.96. The maximum atomic E-state index is 13.0. The number of rotatable bonds is 8. The smallest absolute Gasteiger partial charge is 0.409 e. The first-order valence-corrected chi connectivity index (χ1v) is 11.7. The molecular formula is C22H25N3O7S. The maximum absolute atomic E-state index is 13.0. The number of carbonyl (C=O) groups excluding carboxylic acids is 2. The third kappa shape index (κ3) is 5.68. The Morgan fingerprint density at radius 2 is 1.67 bits per heavy atom. The van der Waals surface area contributed by atoms with Crippen molar-refractivity contribution in [3.05, 3.63) is 66.2 Å². The van der Waals surface area contributed by atoms with Crippen molar-refractivity contribution in [1.29, 1.82) is 0 Å². The lowest BCUT2D eigenvalue weighted by Gasteiger charge is -2.30. The number of hydrogen-bond donors (Lipinski definition) is 3. The standard InChI is InChI=1S/C22H25N3O7S/c1-22(20(27)28,24-21(29)32-15-16-9-4-2-5-10-16)23-19(26)18-13-8-14-25(18)33(30,31)17-11-6-3-7-12-17/h2-7,9-12,18H,8,13-15H2,1H3,(H,23,26)(H,24,29)(H,27,28). The van der Waals surface area contributed by atoms with Gasteiger partial charge in [0.15, 0.2) is 0 Å². The first-order valence-electron chi connectivity index (χ1n) is 10.2. The van der Waals surface area contributed by atoms with Crippen molar-refractivity contribution in [2.75, 3.05) is 6.54 Å². The first-order chi connectivity index (χ1) is 15.6. The highest BCUT2D eigenvalue weighted by Gasteiger charge is 2.44. The predicted molar refractivity (Wildman–Crippen MR) is 117 cm³/mol. The molecular weight excluding hydrogens is 450 g/mol. The third-order valence-corrected chi connectivity index (χ3v) is 7.14. The van der Waals surface area contributed by atoms with Gasteiger partial charge in [0, 0.05) is 6.54 Å². The Kier molecular flexibility index (Phi) is 7.34. The number of carboxylic acid groups (broad SMARTS) is 1. The molecule has 176 valence electrons. The fourth-order valence-corrected chi connectivity index (χ4v) is 5.13. The first kappa shape index (κ1) is 24.2. The van der Waals surface area contributed by atoms with Gasteiger partial charge in [-0.2, -0.15) is 4.31 Å². The average molecular weight is 476 g/mol. The Bertz CT molecular complexity index is 1110. The topological polar surface area (TPSA) is 142 Å². The molecule has 2 amide bonds. The van der Waals surface area contributed by atoms with Gasteiger partial charge in [0.1, 0.15) is 12.6 Å². The van der Waals surface area contributed by atoms with E-state index in [4.69, 9.17) is 4.74 Å². The van der Waals surface area contributed by atoms with Crippen LogP contribution in [-0.4, -0.2) is 54.0 Å². The molecule has 2 unspecified atom stereocenters. The van der Waals surface area contributed by atoms with E-state index in [2.05, 4.69) is 10.6 Å². The zero-order valence-electron chi connectivity index (χ0n) is 17.9. The normalized spacial score (nSPS) is 18.2. The minimum atomic E-state index is -3.96. The van der Waals surface area contributed by atoms with E-state index in [-0.39, 0.29) is 24.5 Å². The van der Waals surface area contributed by atoms with Crippen LogP contribution >= 0.6 is 0 Å². The van der Waals surface area contributed by atoms with Crippen LogP contribution in [0.5, 0.6) is 0 Å². The predicted octanol–water partition coefficient (Wildman–Crippen LogP) is 1.68. The van der Waals surface area contributed by atoms with Gasteiger partial charge >= 0.3 is 12.1 Å². The SMILES string of the molecule is CC(NC(=O)OCc1ccccc1)(NC(=O)C1CCCN1S(=O)(=O)c1ccccc1)C(=O)O. The number of hydrogen-bond acceptors (Lipinski definition) is 6. The Labute approximate surface area is 191 Å². The molecule has 33 heavy (non-hydrogen) atoms. The number of amides is 2. The molecule has 1 aliphatic rings. The molecule has 0 aromatic heterocycles. The lowest BCUT2D eigenvalue weighted by Crippen LogP contribution is -2.65. The fourth-order valence-electron chi connectivity index (χ4n) is 3.45. The number of alkyl carbamates (subject to hydrolysis) is 1. The van der Waals surface area contributed by atoms with E-state index in [1.807, 2.05) is 0 Å². The van der Waals surface area contributed by atoms with E-state index in [0.29, 0.717) is 12.0 Å². The van der Waals surface area contributed by atoms with Gasteiger partial charge in [-0.25, -0.2) is 18.0 Å². The largest absolute Gasteiger partial charge is 0.478 e. The van der Waals surface area contributed by atoms with E-state index >= 15 is 0 Å². The van der Waals surface area contributed by atoms with Gasteiger partial charge in [-0.3, -0.25) is 10.1 Å². The number of benzene rings is 2. The molecule has 1 aliphatic heterocycles. The molecule has 2 atom stereocenters. The summed E-state index contributed by atoms with van der Waals surface area (Å²) >= 11 is 0. The number of nitrogens with one attached hydrogen (secondary N) is 2. The summed E-state index contributed by atoms with van der Waals surface area (Å²) in [5.74, 6) is -2.37. The van der Waals surface area contributed by atoms with Crippen LogP contribution in [0.25, 0.3) is 0 Å². The zero-order chi connectivity index (χ0) is 24.1. The molecule has 0 bridgehead atoms. The lowest BCUT2D eigenvalue weighted by molar-refractivity contribution is -0.148. The molecule has 10 nitrogen and oxygen atoms in total. The van der Waals surface area contributed by atoms with Crippen molar-refractivity contribution in [2.45, 2.75) is 43.0 Å². The van der Waals surface area contributed by atoms with Gasteiger partial charge < -0.3 is 15.2 Å². The number of aliphatic carboxylic acids is 1. The summed E-state index contributed by atoms with van der Waals surface area (Å²) in [6, 6.07) is 15.3. The van der Waals surface area contributed by atoms with Gasteiger partial charge in [-0.15, -0.1) is 0 Å². The number of nitrogens with zero attached hydrogens (tertiary/aromatic N) is 1. The molecule has 3 N–H and O–H groups in total. The van der Waals surface area contributed by atoms with E-state index < -0.39 is 39.7 Å². The molecule has 3 rings (SSSR count). The summed E-state index contributed by atoms with van der Waals surface area (Å²) in [6.45, 7) is 1.11. The van der Waals surface area contributed by atoms with Crippen LogP contribution in [0.1, 0.15) is 25.3 Å². The maximum Gasteiger partial charge on any atom is 0.409 e. The zero-order valence-corrected chi connectivity index (χ0v) is 18.7. The molecule has 2 aromatic carbocycles.